The second-order valence-electron chi connectivity index (χ2n) is 10.3. The topological polar surface area (TPSA) is 24.1 Å². The molecule has 0 bridgehead atoms. The minimum absolute atomic E-state index is 0.729. The van der Waals surface area contributed by atoms with Crippen molar-refractivity contribution in [2.45, 2.75) is 20.0 Å². The van der Waals surface area contributed by atoms with E-state index in [-0.39, 0.29) is 0 Å². The van der Waals surface area contributed by atoms with E-state index in [1.165, 1.54) is 42.4 Å². The fraction of sp³-hybridized carbons (Fsp3) is 0.0769. The number of thiophene rings is 1. The Bertz CT molecular complexity index is 1910. The summed E-state index contributed by atoms with van der Waals surface area (Å²) in [5.74, 6) is 0. The highest BCUT2D eigenvalue weighted by molar-refractivity contribution is 7.26. The van der Waals surface area contributed by atoms with E-state index in [9.17, 15) is 0 Å². The van der Waals surface area contributed by atoms with E-state index in [4.69, 9.17) is 0 Å². The lowest BCUT2D eigenvalue weighted by atomic mass is 9.97. The van der Waals surface area contributed by atoms with E-state index in [0.29, 0.717) is 0 Å². The van der Waals surface area contributed by atoms with Crippen LogP contribution in [0.4, 0.5) is 11.4 Å². The molecule has 1 aromatic heterocycles. The van der Waals surface area contributed by atoms with Crippen LogP contribution in [0.3, 0.4) is 0 Å². The maximum absolute atomic E-state index is 4.47. The summed E-state index contributed by atoms with van der Waals surface area (Å²) in [4.78, 5) is 0. The molecular formula is C39H34N2S. The van der Waals surface area contributed by atoms with Crippen LogP contribution in [0.5, 0.6) is 0 Å². The molecule has 3 heteroatoms. The molecule has 1 heterocycles. The van der Waals surface area contributed by atoms with E-state index in [2.05, 4.69) is 139 Å². The maximum Gasteiger partial charge on any atom is 0.0466 e. The summed E-state index contributed by atoms with van der Waals surface area (Å²) in [6.07, 6.45) is 8.20. The number of nitrogens with one attached hydrogen (secondary N) is 2. The molecule has 5 aromatic carbocycles. The van der Waals surface area contributed by atoms with Gasteiger partial charge in [0.2, 0.25) is 0 Å². The third kappa shape index (κ3) is 5.99. The van der Waals surface area contributed by atoms with Crippen LogP contribution < -0.4 is 10.6 Å². The summed E-state index contributed by atoms with van der Waals surface area (Å²) in [7, 11) is 0. The van der Waals surface area contributed by atoms with Crippen LogP contribution in [-0.4, -0.2) is 0 Å². The molecule has 0 aliphatic carbocycles. The van der Waals surface area contributed by atoms with E-state index in [1.54, 1.807) is 0 Å². The minimum Gasteiger partial charge on any atom is -0.355 e. The average Bonchev–Trinajstić information content (AvgIpc) is 3.41. The number of anilines is 2. The highest BCUT2D eigenvalue weighted by atomic mass is 32.1. The lowest BCUT2D eigenvalue weighted by Gasteiger charge is -2.18. The fourth-order valence-electron chi connectivity index (χ4n) is 5.44. The van der Waals surface area contributed by atoms with Gasteiger partial charge in [-0.15, -0.1) is 11.3 Å². The van der Waals surface area contributed by atoms with Crippen LogP contribution in [0.15, 0.2) is 146 Å². The molecule has 2 N–H and O–H groups in total. The summed E-state index contributed by atoms with van der Waals surface area (Å²) in [6.45, 7) is 8.01. The van der Waals surface area contributed by atoms with Gasteiger partial charge in [-0.2, -0.15) is 0 Å². The smallest absolute Gasteiger partial charge is 0.0466 e. The number of hydrogen-bond donors (Lipinski definition) is 2. The number of allylic oxidation sites excluding steroid dienone is 5. The molecule has 0 aliphatic heterocycles. The van der Waals surface area contributed by atoms with Crippen LogP contribution in [0.2, 0.25) is 0 Å². The summed E-state index contributed by atoms with van der Waals surface area (Å²) >= 11 is 1.88. The predicted molar refractivity (Wildman–Crippen MR) is 184 cm³/mol. The molecule has 0 saturated carbocycles. The van der Waals surface area contributed by atoms with Gasteiger partial charge in [-0.05, 0) is 59.0 Å². The predicted octanol–water partition coefficient (Wildman–Crippen LogP) is 10.9. The van der Waals surface area contributed by atoms with Gasteiger partial charge in [0.1, 0.15) is 0 Å². The Balaban J connectivity index is 1.28. The molecule has 0 unspecified atom stereocenters. The molecule has 206 valence electrons. The molecule has 6 rings (SSSR count). The molecular weight excluding hydrogens is 529 g/mol. The lowest BCUT2D eigenvalue weighted by Crippen LogP contribution is -2.14. The van der Waals surface area contributed by atoms with Gasteiger partial charge in [0.25, 0.3) is 0 Å². The van der Waals surface area contributed by atoms with Crippen molar-refractivity contribution in [2.24, 2.45) is 0 Å². The number of benzene rings is 5. The Kier molecular flexibility index (Phi) is 8.41. The van der Waals surface area contributed by atoms with Crippen molar-refractivity contribution in [1.29, 1.82) is 0 Å². The van der Waals surface area contributed by atoms with Crippen LogP contribution in [0.25, 0.3) is 36.9 Å². The second kappa shape index (κ2) is 12.9. The molecule has 0 fully saturated rings. The fourth-order valence-corrected chi connectivity index (χ4v) is 6.65. The maximum atomic E-state index is 4.47. The van der Waals surface area contributed by atoms with Crippen LogP contribution in [0.1, 0.15) is 23.6 Å². The SMILES string of the molecule is C=C(/C=C\C=C/C)c1c(CNCc2cccc3c2sc2ccccc23)cccc1Nc1cccc(-c2ccccc2)c1. The second-order valence-corrected chi connectivity index (χ2v) is 11.4. The third-order valence-corrected chi connectivity index (χ3v) is 8.70. The first-order valence-corrected chi connectivity index (χ1v) is 15.2. The van der Waals surface area contributed by atoms with Crippen molar-refractivity contribution in [1.82, 2.24) is 5.32 Å². The largest absolute Gasteiger partial charge is 0.355 e. The third-order valence-electron chi connectivity index (χ3n) is 7.44. The van der Waals surface area contributed by atoms with Gasteiger partial charge in [0.15, 0.2) is 0 Å². The monoisotopic (exact) mass is 562 g/mol. The first kappa shape index (κ1) is 27.5. The zero-order valence-electron chi connectivity index (χ0n) is 23.8. The average molecular weight is 563 g/mol. The van der Waals surface area contributed by atoms with Crippen molar-refractivity contribution in [2.75, 3.05) is 5.32 Å². The quantitative estimate of drug-likeness (QED) is 0.162. The van der Waals surface area contributed by atoms with Crippen molar-refractivity contribution < 1.29 is 0 Å². The van der Waals surface area contributed by atoms with E-state index < -0.39 is 0 Å². The van der Waals surface area contributed by atoms with Gasteiger partial charge in [-0.1, -0.05) is 122 Å². The standard InChI is InChI=1S/C39H34N2S/c1-3-4-6-14-28(2)38-31(26-40-27-32-19-12-22-35-34-21-9-10-24-37(34)42-39(32)35)18-13-23-36(38)41-33-20-11-17-30(25-33)29-15-7-5-8-16-29/h3-25,40-41H,2,26-27H2,1H3/b4-3-,14-6-. The Morgan fingerprint density at radius 2 is 1.43 bits per heavy atom. The molecule has 0 atom stereocenters. The summed E-state index contributed by atoms with van der Waals surface area (Å²) in [5, 5.41) is 10.1. The molecule has 0 saturated heterocycles. The molecule has 0 amide bonds. The van der Waals surface area contributed by atoms with E-state index in [0.717, 1.165) is 35.6 Å². The van der Waals surface area contributed by atoms with Crippen molar-refractivity contribution in [3.63, 3.8) is 0 Å². The first-order valence-electron chi connectivity index (χ1n) is 14.3. The molecule has 6 aromatic rings. The minimum atomic E-state index is 0.729. The molecule has 42 heavy (non-hydrogen) atoms. The lowest BCUT2D eigenvalue weighted by molar-refractivity contribution is 0.696. The van der Waals surface area contributed by atoms with Crippen molar-refractivity contribution >= 4 is 48.5 Å². The molecule has 0 radical (unpaired) electrons. The molecule has 0 aliphatic rings. The molecule has 2 nitrogen and oxygen atoms in total. The summed E-state index contributed by atoms with van der Waals surface area (Å²) < 4.78 is 2.69. The Morgan fingerprint density at radius 3 is 2.31 bits per heavy atom. The van der Waals surface area contributed by atoms with Gasteiger partial charge in [0, 0.05) is 50.2 Å². The van der Waals surface area contributed by atoms with Gasteiger partial charge in [0.05, 0.1) is 0 Å². The van der Waals surface area contributed by atoms with Crippen molar-refractivity contribution in [3.05, 3.63) is 163 Å². The zero-order valence-corrected chi connectivity index (χ0v) is 24.6. The van der Waals surface area contributed by atoms with Crippen molar-refractivity contribution in [3.8, 4) is 11.1 Å². The van der Waals surface area contributed by atoms with Gasteiger partial charge in [-0.25, -0.2) is 0 Å². The Morgan fingerprint density at radius 1 is 0.714 bits per heavy atom. The van der Waals surface area contributed by atoms with Crippen LogP contribution in [-0.2, 0) is 13.1 Å². The Labute approximate surface area is 252 Å². The zero-order chi connectivity index (χ0) is 28.7. The number of fused-ring (bicyclic) bond motifs is 3. The van der Waals surface area contributed by atoms with E-state index in [1.807, 2.05) is 36.5 Å². The van der Waals surface area contributed by atoms with Gasteiger partial charge >= 0.3 is 0 Å². The first-order chi connectivity index (χ1) is 20.7. The van der Waals surface area contributed by atoms with Crippen LogP contribution >= 0.6 is 11.3 Å². The highest BCUT2D eigenvalue weighted by Gasteiger charge is 2.13. The summed E-state index contributed by atoms with van der Waals surface area (Å²) in [6, 6.07) is 40.8. The Hall–Kier alpha value is -4.70. The van der Waals surface area contributed by atoms with Gasteiger partial charge < -0.3 is 10.6 Å². The number of rotatable bonds is 10. The van der Waals surface area contributed by atoms with Crippen LogP contribution in [0, 0.1) is 0 Å². The van der Waals surface area contributed by atoms with Gasteiger partial charge in [-0.3, -0.25) is 0 Å². The number of hydrogen-bond acceptors (Lipinski definition) is 3. The highest BCUT2D eigenvalue weighted by Crippen LogP contribution is 2.36. The van der Waals surface area contributed by atoms with E-state index >= 15 is 0 Å². The summed E-state index contributed by atoms with van der Waals surface area (Å²) in [5.41, 5.74) is 9.10. The molecule has 0 spiro atoms. The normalized spacial score (nSPS) is 11.6.